The van der Waals surface area contributed by atoms with Crippen molar-refractivity contribution < 1.29 is 39.2 Å². The molecule has 2 unspecified atom stereocenters. The number of aromatic nitrogens is 2. The number of aliphatic hydroxyl groups is 3. The molecule has 15 nitrogen and oxygen atoms in total. The lowest BCUT2D eigenvalue weighted by Gasteiger charge is -2.44. The number of amides is 2. The first-order chi connectivity index (χ1) is 35.4. The Balaban J connectivity index is 0.000000257. The SMILES string of the molecule is C=CCCC(C(=O)NC)N1C(=O)c2cccc3c(C4CCN(c5cc6ncc(CC)cn6c5)CC4)ccc1c23.CN1CCC(Nc2cccc(-c3sc(C=O)c(OCC=O)c3Cl)c2)CC1(C)C.CO.CO.CO. The van der Waals surface area contributed by atoms with Crippen LogP contribution in [0, 0.1) is 0 Å². The van der Waals surface area contributed by atoms with Crippen molar-refractivity contribution in [2.24, 2.45) is 0 Å². The molecule has 2 fully saturated rings. The molecule has 2 atom stereocenters. The largest absolute Gasteiger partial charge is 0.483 e. The van der Waals surface area contributed by atoms with Crippen molar-refractivity contribution in [3.05, 3.63) is 118 Å². The lowest BCUT2D eigenvalue weighted by molar-refractivity contribution is -0.122. The summed E-state index contributed by atoms with van der Waals surface area (Å²) in [6.45, 7) is 13.3. The van der Waals surface area contributed by atoms with Crippen LogP contribution in [0.5, 0.6) is 5.75 Å². The molecule has 0 radical (unpaired) electrons. The highest BCUT2D eigenvalue weighted by Gasteiger charge is 2.39. The number of carbonyl (C=O) groups excluding carboxylic acids is 4. The number of fused-ring (bicyclic) bond motifs is 1. The zero-order valence-electron chi connectivity index (χ0n) is 43.4. The number of aryl methyl sites for hydroxylation is 1. The van der Waals surface area contributed by atoms with Crippen molar-refractivity contribution in [1.82, 2.24) is 19.6 Å². The fraction of sp³-hybridized carbons (Fsp3) is 0.411. The molecule has 6 aromatic rings. The molecule has 0 bridgehead atoms. The average molecular weight is 1040 g/mol. The number of thiophene rings is 1. The van der Waals surface area contributed by atoms with Gasteiger partial charge in [0.15, 0.2) is 18.3 Å². The van der Waals surface area contributed by atoms with E-state index in [1.54, 1.807) is 18.0 Å². The Morgan fingerprint density at radius 2 is 1.73 bits per heavy atom. The molecule has 73 heavy (non-hydrogen) atoms. The topological polar surface area (TPSA) is 189 Å². The number of anilines is 3. The standard InChI is InChI=1S/C32H35N5O2.C21H25ClN2O3S.3CH4O/c1-4-6-10-28(31(38)33-3)37-27-12-11-24(25-8-7-9-26(30(25)27)32(37)39)22-13-15-35(16-14-22)23-17-29-34-18-21(5-2)19-36(29)20-23;1-21(2)12-16(7-8-24(21)3)23-15-6-4-5-14(11-15)20-18(22)19(27-10-9-25)17(13-26)28-20;3*1-2/h4,7-9,11-12,17-20,22,28H,1,5-6,10,13-16H2,2-3H3,(H,33,38);4-6,9,11,13,16,23H,7-8,10,12H2,1-3H3;3*2H,1H3. The predicted octanol–water partition coefficient (Wildman–Crippen LogP) is 9.04. The van der Waals surface area contributed by atoms with E-state index in [2.05, 4.69) is 101 Å². The number of likely N-dealkylation sites (tertiary alicyclic amines) is 1. The van der Waals surface area contributed by atoms with E-state index in [4.69, 9.17) is 31.7 Å². The molecule has 3 aliphatic heterocycles. The second-order valence-electron chi connectivity index (χ2n) is 18.3. The number of benzene rings is 3. The predicted molar refractivity (Wildman–Crippen MR) is 296 cm³/mol. The monoisotopic (exact) mass is 1040 g/mol. The van der Waals surface area contributed by atoms with Gasteiger partial charge in [-0.1, -0.05) is 54.9 Å². The highest BCUT2D eigenvalue weighted by molar-refractivity contribution is 7.18. The van der Waals surface area contributed by atoms with Crippen molar-refractivity contribution in [2.45, 2.75) is 89.3 Å². The Morgan fingerprint density at radius 1 is 1.00 bits per heavy atom. The Labute approximate surface area is 438 Å². The van der Waals surface area contributed by atoms with Crippen molar-refractivity contribution in [3.8, 4) is 16.2 Å². The van der Waals surface area contributed by atoms with Crippen LogP contribution < -0.4 is 25.2 Å². The van der Waals surface area contributed by atoms with Gasteiger partial charge < -0.3 is 44.9 Å². The molecule has 0 aliphatic carbocycles. The van der Waals surface area contributed by atoms with Gasteiger partial charge in [-0.25, -0.2) is 4.98 Å². The number of hydrogen-bond acceptors (Lipinski definition) is 13. The van der Waals surface area contributed by atoms with Gasteiger partial charge in [-0.05, 0) is 118 Å². The molecular weight excluding hydrogens is 966 g/mol. The lowest BCUT2D eigenvalue weighted by Crippen LogP contribution is -2.50. The zero-order valence-corrected chi connectivity index (χ0v) is 44.9. The molecule has 0 spiro atoms. The second-order valence-corrected chi connectivity index (χ2v) is 19.7. The number of aldehydes is 2. The molecule has 0 saturated carbocycles. The number of carbonyl (C=O) groups is 4. The summed E-state index contributed by atoms with van der Waals surface area (Å²) in [5.74, 6) is 0.439. The molecule has 9 rings (SSSR count). The second kappa shape index (κ2) is 27.2. The number of rotatable bonds is 15. The first-order valence-corrected chi connectivity index (χ1v) is 25.8. The van der Waals surface area contributed by atoms with Crippen molar-refractivity contribution in [1.29, 1.82) is 0 Å². The third kappa shape index (κ3) is 13.0. The van der Waals surface area contributed by atoms with Gasteiger partial charge in [0.25, 0.3) is 5.91 Å². The minimum Gasteiger partial charge on any atom is -0.483 e. The number of nitrogens with one attached hydrogen (secondary N) is 2. The van der Waals surface area contributed by atoms with Crippen LogP contribution in [0.1, 0.15) is 96.4 Å². The number of piperidine rings is 2. The summed E-state index contributed by atoms with van der Waals surface area (Å²) in [5.41, 5.74) is 8.35. The van der Waals surface area contributed by atoms with Crippen LogP contribution in [0.2, 0.25) is 5.02 Å². The van der Waals surface area contributed by atoms with Crippen LogP contribution in [0.15, 0.2) is 91.9 Å². The number of allylic oxidation sites excluding steroid dienone is 1. The van der Waals surface area contributed by atoms with E-state index in [1.807, 2.05) is 42.6 Å². The highest BCUT2D eigenvalue weighted by Crippen LogP contribution is 2.46. The average Bonchev–Trinajstić information content (AvgIpc) is 4.09. The van der Waals surface area contributed by atoms with Gasteiger partial charge >= 0.3 is 0 Å². The van der Waals surface area contributed by atoms with Crippen LogP contribution in [-0.4, -0.2) is 133 Å². The van der Waals surface area contributed by atoms with Gasteiger partial charge in [0, 0.05) is 101 Å². The van der Waals surface area contributed by atoms with Gasteiger partial charge in [-0.2, -0.15) is 0 Å². The summed E-state index contributed by atoms with van der Waals surface area (Å²) >= 11 is 7.73. The summed E-state index contributed by atoms with van der Waals surface area (Å²) in [6, 6.07) is 20.3. The van der Waals surface area contributed by atoms with Gasteiger partial charge in [-0.15, -0.1) is 17.9 Å². The summed E-state index contributed by atoms with van der Waals surface area (Å²) in [4.78, 5) is 60.7. The normalized spacial score (nSPS) is 16.3. The fourth-order valence-corrected chi connectivity index (χ4v) is 11.3. The molecular formula is C56H72ClN7O8S. The van der Waals surface area contributed by atoms with E-state index >= 15 is 0 Å². The molecule has 3 aliphatic rings. The summed E-state index contributed by atoms with van der Waals surface area (Å²) in [6.07, 6.45) is 15.9. The molecule has 392 valence electrons. The Morgan fingerprint density at radius 3 is 2.38 bits per heavy atom. The summed E-state index contributed by atoms with van der Waals surface area (Å²) in [5, 5.41) is 29.9. The number of likely N-dealkylation sites (N-methyl/N-ethyl adjacent to an activating group) is 1. The van der Waals surface area contributed by atoms with Crippen LogP contribution >= 0.6 is 22.9 Å². The third-order valence-corrected chi connectivity index (χ3v) is 15.4. The van der Waals surface area contributed by atoms with Gasteiger partial charge in [0.2, 0.25) is 5.91 Å². The first-order valence-electron chi connectivity index (χ1n) is 24.6. The van der Waals surface area contributed by atoms with Crippen molar-refractivity contribution in [2.75, 3.05) is 76.8 Å². The van der Waals surface area contributed by atoms with Crippen LogP contribution in [0.25, 0.3) is 26.9 Å². The molecule has 2 amide bonds. The minimum atomic E-state index is -0.564. The maximum atomic E-state index is 13.6. The van der Waals surface area contributed by atoms with Crippen LogP contribution in [0.3, 0.4) is 0 Å². The van der Waals surface area contributed by atoms with E-state index in [9.17, 15) is 19.2 Å². The van der Waals surface area contributed by atoms with Gasteiger partial charge in [0.05, 0.1) is 16.3 Å². The van der Waals surface area contributed by atoms with E-state index < -0.39 is 6.04 Å². The van der Waals surface area contributed by atoms with E-state index in [0.29, 0.717) is 52.8 Å². The Bertz CT molecular complexity index is 2820. The number of aliphatic hydroxyl groups excluding tert-OH is 3. The molecule has 2 saturated heterocycles. The van der Waals surface area contributed by atoms with Crippen LogP contribution in [-0.2, 0) is 16.0 Å². The van der Waals surface area contributed by atoms with E-state index in [0.717, 1.165) is 111 Å². The number of hydrogen-bond donors (Lipinski definition) is 5. The van der Waals surface area contributed by atoms with E-state index in [1.165, 1.54) is 28.2 Å². The minimum absolute atomic E-state index is 0.0964. The fourth-order valence-electron chi connectivity index (χ4n) is 9.89. The third-order valence-electron chi connectivity index (χ3n) is 13.8. The highest BCUT2D eigenvalue weighted by atomic mass is 35.5. The van der Waals surface area contributed by atoms with Gasteiger partial charge in [-0.3, -0.25) is 24.1 Å². The number of nitrogens with zero attached hydrogens (tertiary/aromatic N) is 5. The smallest absolute Gasteiger partial charge is 0.259 e. The van der Waals surface area contributed by atoms with Gasteiger partial charge in [0.1, 0.15) is 28.2 Å². The van der Waals surface area contributed by atoms with Crippen molar-refractivity contribution >= 4 is 80.8 Å². The Kier molecular flexibility index (Phi) is 21.5. The molecule has 17 heteroatoms. The summed E-state index contributed by atoms with van der Waals surface area (Å²) in [7, 11) is 6.79. The maximum absolute atomic E-state index is 13.6. The molecule has 5 N–H and O–H groups in total. The summed E-state index contributed by atoms with van der Waals surface area (Å²) < 4.78 is 7.49. The van der Waals surface area contributed by atoms with E-state index in [-0.39, 0.29) is 29.7 Å². The lowest BCUT2D eigenvalue weighted by atomic mass is 9.85. The quantitative estimate of drug-likeness (QED) is 0.0486. The zero-order chi connectivity index (χ0) is 53.4. The number of halogens is 1. The number of ether oxygens (including phenoxy) is 1. The Hall–Kier alpha value is -6.14. The van der Waals surface area contributed by atoms with Crippen molar-refractivity contribution in [3.63, 3.8) is 0 Å². The molecule has 3 aromatic heterocycles. The molecule has 3 aromatic carbocycles. The first kappa shape index (κ1) is 57.8. The van der Waals surface area contributed by atoms with Crippen LogP contribution in [0.4, 0.5) is 17.1 Å². The maximum Gasteiger partial charge on any atom is 0.259 e. The molecule has 6 heterocycles.